The van der Waals surface area contributed by atoms with E-state index in [1.807, 2.05) is 12.1 Å². The molecular formula is C18H26N2O. The summed E-state index contributed by atoms with van der Waals surface area (Å²) in [6.45, 7) is 7.72. The molecule has 114 valence electrons. The molecule has 3 rings (SSSR count). The Morgan fingerprint density at radius 2 is 2.19 bits per heavy atom. The molecule has 1 fully saturated rings. The van der Waals surface area contributed by atoms with Crippen LogP contribution in [0.1, 0.15) is 44.9 Å². The number of nitrogens with zero attached hydrogens (tertiary/aromatic N) is 1. The van der Waals surface area contributed by atoms with Crippen LogP contribution in [0.4, 0.5) is 0 Å². The van der Waals surface area contributed by atoms with E-state index in [1.165, 1.54) is 31.2 Å². The van der Waals surface area contributed by atoms with Crippen LogP contribution in [0.15, 0.2) is 34.7 Å². The van der Waals surface area contributed by atoms with Crippen molar-refractivity contribution in [3.63, 3.8) is 0 Å². The number of piperidine rings is 1. The summed E-state index contributed by atoms with van der Waals surface area (Å²) in [5, 5.41) is 4.79. The van der Waals surface area contributed by atoms with Gasteiger partial charge >= 0.3 is 0 Å². The van der Waals surface area contributed by atoms with Crippen molar-refractivity contribution in [1.29, 1.82) is 0 Å². The first-order valence-electron chi connectivity index (χ1n) is 8.24. The number of hydrogen-bond acceptors (Lipinski definition) is 3. The van der Waals surface area contributed by atoms with Crippen LogP contribution in [0.25, 0.3) is 11.0 Å². The van der Waals surface area contributed by atoms with E-state index in [1.54, 1.807) is 0 Å². The first-order valence-corrected chi connectivity index (χ1v) is 8.24. The summed E-state index contributed by atoms with van der Waals surface area (Å²) in [5.41, 5.74) is 0.988. The van der Waals surface area contributed by atoms with Crippen LogP contribution in [0, 0.1) is 0 Å². The number of fused-ring (bicyclic) bond motifs is 1. The third kappa shape index (κ3) is 3.30. The third-order valence-electron chi connectivity index (χ3n) is 4.60. The summed E-state index contributed by atoms with van der Waals surface area (Å²) < 4.78 is 6.07. The molecule has 1 saturated heterocycles. The molecule has 0 saturated carbocycles. The Bertz CT molecular complexity index is 544. The molecule has 3 nitrogen and oxygen atoms in total. The molecule has 0 amide bonds. The maximum absolute atomic E-state index is 6.07. The number of para-hydroxylation sites is 1. The van der Waals surface area contributed by atoms with Crippen molar-refractivity contribution in [2.75, 3.05) is 19.6 Å². The molecule has 0 radical (unpaired) electrons. The Balaban J connectivity index is 1.79. The van der Waals surface area contributed by atoms with Crippen molar-refractivity contribution in [2.24, 2.45) is 0 Å². The summed E-state index contributed by atoms with van der Waals surface area (Å²) in [5.74, 6) is 1.07. The molecule has 2 heterocycles. The summed E-state index contributed by atoms with van der Waals surface area (Å²) in [6, 6.07) is 11.4. The largest absolute Gasteiger partial charge is 0.459 e. The van der Waals surface area contributed by atoms with Crippen LogP contribution in [0.3, 0.4) is 0 Å². The zero-order valence-corrected chi connectivity index (χ0v) is 13.1. The second-order valence-corrected chi connectivity index (χ2v) is 6.14. The molecule has 3 heteroatoms. The van der Waals surface area contributed by atoms with Crippen LogP contribution >= 0.6 is 0 Å². The van der Waals surface area contributed by atoms with Crippen molar-refractivity contribution in [1.82, 2.24) is 10.2 Å². The van der Waals surface area contributed by atoms with Crippen molar-refractivity contribution in [3.8, 4) is 0 Å². The van der Waals surface area contributed by atoms with Gasteiger partial charge in [-0.2, -0.15) is 0 Å². The van der Waals surface area contributed by atoms with E-state index in [0.717, 1.165) is 24.4 Å². The quantitative estimate of drug-likeness (QED) is 0.902. The number of rotatable bonds is 5. The number of benzene rings is 1. The molecule has 1 aromatic carbocycles. The van der Waals surface area contributed by atoms with Crippen LogP contribution in [-0.2, 0) is 0 Å². The fourth-order valence-corrected chi connectivity index (χ4v) is 3.34. The lowest BCUT2D eigenvalue weighted by Gasteiger charge is -2.35. The van der Waals surface area contributed by atoms with Gasteiger partial charge in [-0.25, -0.2) is 0 Å². The average Bonchev–Trinajstić information content (AvgIpc) is 2.93. The number of furan rings is 1. The standard InChI is InChI=1S/C18H26N2O/c1-3-19-16(13-20-11-7-6-8-14(20)2)18-12-15-9-4-5-10-17(15)21-18/h4-5,9-10,12,14,16,19H,3,6-8,11,13H2,1-2H3. The molecule has 0 aliphatic carbocycles. The van der Waals surface area contributed by atoms with Gasteiger partial charge in [0.1, 0.15) is 11.3 Å². The lowest BCUT2D eigenvalue weighted by Crippen LogP contribution is -2.42. The zero-order chi connectivity index (χ0) is 14.7. The van der Waals surface area contributed by atoms with Gasteiger partial charge in [-0.15, -0.1) is 0 Å². The fourth-order valence-electron chi connectivity index (χ4n) is 3.34. The van der Waals surface area contributed by atoms with Crippen molar-refractivity contribution < 1.29 is 4.42 Å². The van der Waals surface area contributed by atoms with Gasteiger partial charge in [-0.1, -0.05) is 31.5 Å². The Kier molecular flexibility index (Phi) is 4.61. The number of nitrogens with one attached hydrogen (secondary N) is 1. The van der Waals surface area contributed by atoms with Gasteiger partial charge in [0.15, 0.2) is 0 Å². The average molecular weight is 286 g/mol. The van der Waals surface area contributed by atoms with Crippen LogP contribution in [0.5, 0.6) is 0 Å². The molecule has 1 aromatic heterocycles. The number of hydrogen-bond donors (Lipinski definition) is 1. The third-order valence-corrected chi connectivity index (χ3v) is 4.60. The minimum atomic E-state index is 0.281. The molecule has 2 aromatic rings. The second-order valence-electron chi connectivity index (χ2n) is 6.14. The highest BCUT2D eigenvalue weighted by Gasteiger charge is 2.24. The van der Waals surface area contributed by atoms with E-state index in [2.05, 4.69) is 42.3 Å². The van der Waals surface area contributed by atoms with Crippen molar-refractivity contribution in [3.05, 3.63) is 36.1 Å². The van der Waals surface area contributed by atoms with E-state index >= 15 is 0 Å². The zero-order valence-electron chi connectivity index (χ0n) is 13.1. The smallest absolute Gasteiger partial charge is 0.134 e. The molecule has 1 N–H and O–H groups in total. The van der Waals surface area contributed by atoms with Crippen LogP contribution < -0.4 is 5.32 Å². The van der Waals surface area contributed by atoms with E-state index < -0.39 is 0 Å². The summed E-state index contributed by atoms with van der Waals surface area (Å²) in [4.78, 5) is 2.60. The van der Waals surface area contributed by atoms with Crippen molar-refractivity contribution >= 4 is 11.0 Å². The maximum Gasteiger partial charge on any atom is 0.134 e. The molecule has 0 bridgehead atoms. The predicted molar refractivity (Wildman–Crippen MR) is 87.5 cm³/mol. The number of likely N-dealkylation sites (tertiary alicyclic amines) is 1. The Morgan fingerprint density at radius 1 is 1.33 bits per heavy atom. The minimum absolute atomic E-state index is 0.281. The highest BCUT2D eigenvalue weighted by Crippen LogP contribution is 2.26. The van der Waals surface area contributed by atoms with Gasteiger partial charge in [0.05, 0.1) is 6.04 Å². The normalized spacial score (nSPS) is 21.7. The van der Waals surface area contributed by atoms with Crippen LogP contribution in [0.2, 0.25) is 0 Å². The molecule has 21 heavy (non-hydrogen) atoms. The molecule has 1 aliphatic heterocycles. The summed E-state index contributed by atoms with van der Waals surface area (Å²) in [7, 11) is 0. The lowest BCUT2D eigenvalue weighted by molar-refractivity contribution is 0.140. The number of likely N-dealkylation sites (N-methyl/N-ethyl adjacent to an activating group) is 1. The van der Waals surface area contributed by atoms with Crippen LogP contribution in [-0.4, -0.2) is 30.6 Å². The molecule has 0 spiro atoms. The highest BCUT2D eigenvalue weighted by atomic mass is 16.3. The SMILES string of the molecule is CCNC(CN1CCCCC1C)c1cc2ccccc2o1. The summed E-state index contributed by atoms with van der Waals surface area (Å²) >= 11 is 0. The molecule has 2 atom stereocenters. The highest BCUT2D eigenvalue weighted by molar-refractivity contribution is 5.77. The topological polar surface area (TPSA) is 28.4 Å². The van der Waals surface area contributed by atoms with E-state index in [-0.39, 0.29) is 6.04 Å². The predicted octanol–water partition coefficient (Wildman–Crippen LogP) is 3.96. The van der Waals surface area contributed by atoms with Gasteiger partial charge in [-0.05, 0) is 45.0 Å². The maximum atomic E-state index is 6.07. The first-order chi connectivity index (χ1) is 10.3. The Hall–Kier alpha value is -1.32. The molecule has 2 unspecified atom stereocenters. The van der Waals surface area contributed by atoms with Gasteiger partial charge in [0, 0.05) is 18.0 Å². The first kappa shape index (κ1) is 14.6. The van der Waals surface area contributed by atoms with E-state index in [0.29, 0.717) is 6.04 Å². The lowest BCUT2D eigenvalue weighted by atomic mass is 10.0. The van der Waals surface area contributed by atoms with Gasteiger partial charge in [0.2, 0.25) is 0 Å². The molecule has 1 aliphatic rings. The van der Waals surface area contributed by atoms with Gasteiger partial charge in [0.25, 0.3) is 0 Å². The second kappa shape index (κ2) is 6.63. The van der Waals surface area contributed by atoms with Crippen molar-refractivity contribution in [2.45, 2.75) is 45.2 Å². The Labute approximate surface area is 127 Å². The van der Waals surface area contributed by atoms with E-state index in [9.17, 15) is 0 Å². The van der Waals surface area contributed by atoms with E-state index in [4.69, 9.17) is 4.42 Å². The monoisotopic (exact) mass is 286 g/mol. The minimum Gasteiger partial charge on any atom is -0.459 e. The Morgan fingerprint density at radius 3 is 2.95 bits per heavy atom. The van der Waals surface area contributed by atoms with Gasteiger partial charge in [-0.3, -0.25) is 4.90 Å². The summed E-state index contributed by atoms with van der Waals surface area (Å²) in [6.07, 6.45) is 4.01. The fraction of sp³-hybridized carbons (Fsp3) is 0.556. The molecular weight excluding hydrogens is 260 g/mol. The van der Waals surface area contributed by atoms with Gasteiger partial charge < -0.3 is 9.73 Å².